The molecule has 1 aliphatic carbocycles. The molecule has 8 nitrogen and oxygen atoms in total. The number of amides is 1. The smallest absolute Gasteiger partial charge is 0.254 e. The van der Waals surface area contributed by atoms with Gasteiger partial charge in [-0.05, 0) is 39.7 Å². The van der Waals surface area contributed by atoms with Crippen molar-refractivity contribution < 1.29 is 4.79 Å². The molecule has 2 fully saturated rings. The molecular weight excluding hydrogens is 414 g/mol. The van der Waals surface area contributed by atoms with Crippen LogP contribution in [0.2, 0.25) is 0 Å². The second-order valence-corrected chi connectivity index (χ2v) is 9.95. The maximum atomic E-state index is 13.6. The zero-order chi connectivity index (χ0) is 23.3. The van der Waals surface area contributed by atoms with Crippen LogP contribution in [0.4, 0.5) is 5.82 Å². The van der Waals surface area contributed by atoms with Gasteiger partial charge in [0.05, 0.1) is 17.1 Å². The molecule has 1 amide bonds. The summed E-state index contributed by atoms with van der Waals surface area (Å²) in [6.07, 6.45) is 4.11. The number of carbonyl (C=O) groups is 1. The van der Waals surface area contributed by atoms with Crippen LogP contribution < -0.4 is 4.90 Å². The molecule has 1 aliphatic heterocycles. The van der Waals surface area contributed by atoms with Gasteiger partial charge in [-0.15, -0.1) is 0 Å². The lowest BCUT2D eigenvalue weighted by atomic mass is 10.1. The van der Waals surface area contributed by atoms with Gasteiger partial charge >= 0.3 is 0 Å². The van der Waals surface area contributed by atoms with Crippen molar-refractivity contribution in [2.45, 2.75) is 65.3 Å². The van der Waals surface area contributed by atoms with E-state index in [1.54, 1.807) is 6.20 Å². The fourth-order valence-corrected chi connectivity index (χ4v) is 4.48. The number of carbonyl (C=O) groups excluding carboxylic acids is 1. The second kappa shape index (κ2) is 8.39. The van der Waals surface area contributed by atoms with Gasteiger partial charge in [0.2, 0.25) is 0 Å². The van der Waals surface area contributed by atoms with Gasteiger partial charge in [-0.1, -0.05) is 13.8 Å². The number of rotatable bonds is 5. The Hall–Kier alpha value is -3.03. The zero-order valence-corrected chi connectivity index (χ0v) is 20.2. The van der Waals surface area contributed by atoms with E-state index in [0.717, 1.165) is 65.6 Å². The Labute approximate surface area is 195 Å². The Balaban J connectivity index is 1.38. The average Bonchev–Trinajstić information content (AvgIpc) is 3.56. The summed E-state index contributed by atoms with van der Waals surface area (Å²) in [6.45, 7) is 13.3. The number of aromatic nitrogens is 5. The van der Waals surface area contributed by atoms with E-state index < -0.39 is 0 Å². The van der Waals surface area contributed by atoms with Gasteiger partial charge in [-0.3, -0.25) is 4.79 Å². The van der Waals surface area contributed by atoms with Gasteiger partial charge in [-0.25, -0.2) is 19.6 Å². The summed E-state index contributed by atoms with van der Waals surface area (Å²) in [4.78, 5) is 32.1. The van der Waals surface area contributed by atoms with E-state index in [0.29, 0.717) is 19.0 Å². The fourth-order valence-electron chi connectivity index (χ4n) is 4.48. The third-order valence-corrected chi connectivity index (χ3v) is 6.57. The van der Waals surface area contributed by atoms with Crippen molar-refractivity contribution in [2.24, 2.45) is 0 Å². The van der Waals surface area contributed by atoms with E-state index in [1.807, 2.05) is 28.6 Å². The molecule has 1 saturated carbocycles. The van der Waals surface area contributed by atoms with Crippen LogP contribution >= 0.6 is 0 Å². The molecule has 5 rings (SSSR count). The van der Waals surface area contributed by atoms with E-state index in [9.17, 15) is 4.79 Å². The second-order valence-electron chi connectivity index (χ2n) is 9.95. The maximum Gasteiger partial charge on any atom is 0.254 e. The van der Waals surface area contributed by atoms with Crippen LogP contribution in [0.15, 0.2) is 18.3 Å². The zero-order valence-electron chi connectivity index (χ0n) is 20.2. The van der Waals surface area contributed by atoms with Crippen LogP contribution in [0.3, 0.4) is 0 Å². The summed E-state index contributed by atoms with van der Waals surface area (Å²) in [7, 11) is 0. The molecule has 0 atom stereocenters. The number of aryl methyl sites for hydroxylation is 1. The number of piperazine rings is 1. The Morgan fingerprint density at radius 2 is 1.73 bits per heavy atom. The van der Waals surface area contributed by atoms with Crippen LogP contribution in [0.5, 0.6) is 0 Å². The summed E-state index contributed by atoms with van der Waals surface area (Å²) >= 11 is 0. The normalized spacial score (nSPS) is 16.9. The first-order valence-corrected chi connectivity index (χ1v) is 12.1. The summed E-state index contributed by atoms with van der Waals surface area (Å²) in [5.41, 5.74) is 3.58. The minimum Gasteiger partial charge on any atom is -0.353 e. The number of hydrogen-bond donors (Lipinski definition) is 0. The van der Waals surface area contributed by atoms with Crippen molar-refractivity contribution in [1.29, 1.82) is 0 Å². The van der Waals surface area contributed by atoms with Gasteiger partial charge in [-0.2, -0.15) is 5.10 Å². The Bertz CT molecular complexity index is 1190. The van der Waals surface area contributed by atoms with Gasteiger partial charge in [0, 0.05) is 61.5 Å². The number of fused-ring (bicyclic) bond motifs is 1. The predicted octanol–water partition coefficient (Wildman–Crippen LogP) is 4.07. The van der Waals surface area contributed by atoms with Crippen molar-refractivity contribution in [3.05, 3.63) is 41.1 Å². The first-order valence-electron chi connectivity index (χ1n) is 12.1. The van der Waals surface area contributed by atoms with Gasteiger partial charge in [0.25, 0.3) is 5.91 Å². The third-order valence-electron chi connectivity index (χ3n) is 6.57. The molecule has 8 heteroatoms. The quantitative estimate of drug-likeness (QED) is 0.586. The molecule has 0 bridgehead atoms. The molecule has 33 heavy (non-hydrogen) atoms. The topological polar surface area (TPSA) is 80.0 Å². The third kappa shape index (κ3) is 4.18. The first-order chi connectivity index (χ1) is 15.8. The summed E-state index contributed by atoms with van der Waals surface area (Å²) < 4.78 is 1.93. The number of hydrogen-bond acceptors (Lipinski definition) is 6. The van der Waals surface area contributed by atoms with Crippen LogP contribution in [0.25, 0.3) is 11.0 Å². The van der Waals surface area contributed by atoms with E-state index in [2.05, 4.69) is 42.7 Å². The lowest BCUT2D eigenvalue weighted by Gasteiger charge is -2.35. The largest absolute Gasteiger partial charge is 0.353 e. The molecule has 1 saturated heterocycles. The molecule has 0 aromatic carbocycles. The highest BCUT2D eigenvalue weighted by Gasteiger charge is 2.30. The molecule has 0 N–H and O–H groups in total. The van der Waals surface area contributed by atoms with E-state index in [4.69, 9.17) is 9.97 Å². The van der Waals surface area contributed by atoms with E-state index >= 15 is 0 Å². The van der Waals surface area contributed by atoms with Gasteiger partial charge in [0.15, 0.2) is 5.65 Å². The first kappa shape index (κ1) is 21.8. The molecule has 3 aromatic rings. The monoisotopic (exact) mass is 447 g/mol. The van der Waals surface area contributed by atoms with Crippen LogP contribution in [0.1, 0.15) is 86.0 Å². The lowest BCUT2D eigenvalue weighted by molar-refractivity contribution is 0.0748. The highest BCUT2D eigenvalue weighted by molar-refractivity contribution is 6.05. The molecule has 3 aromatic heterocycles. The van der Waals surface area contributed by atoms with E-state index in [-0.39, 0.29) is 17.9 Å². The molecule has 174 valence electrons. The summed E-state index contributed by atoms with van der Waals surface area (Å²) in [5, 5.41) is 5.40. The van der Waals surface area contributed by atoms with Gasteiger partial charge in [0.1, 0.15) is 11.6 Å². The SMILES string of the molecule is Cc1cc(N2CCN(C(=O)c3cc(C4CC4)nc4c3cnn4C(C)C)CC2)nc(C(C)C)n1. The minimum atomic E-state index is 0.0778. The molecule has 4 heterocycles. The Morgan fingerprint density at radius 3 is 2.36 bits per heavy atom. The highest BCUT2D eigenvalue weighted by Crippen LogP contribution is 2.40. The fraction of sp³-hybridized carbons (Fsp3) is 0.560. The average molecular weight is 448 g/mol. The number of anilines is 1. The lowest BCUT2D eigenvalue weighted by Crippen LogP contribution is -2.49. The summed E-state index contributed by atoms with van der Waals surface area (Å²) in [5.74, 6) is 2.67. The van der Waals surface area contributed by atoms with E-state index in [1.165, 1.54) is 0 Å². The molecular formula is C25H33N7O. The van der Waals surface area contributed by atoms with Crippen molar-refractivity contribution in [3.63, 3.8) is 0 Å². The standard InChI is InChI=1S/C25H33N7O/c1-15(2)23-27-17(5)12-22(29-23)30-8-10-31(11-9-30)25(33)19-13-21(18-6-7-18)28-24-20(19)14-26-32(24)16(3)4/h12-16,18H,6-11H2,1-5H3. The Morgan fingerprint density at radius 1 is 1.00 bits per heavy atom. The number of pyridine rings is 1. The van der Waals surface area contributed by atoms with Gasteiger partial charge < -0.3 is 9.80 Å². The molecule has 0 unspecified atom stereocenters. The number of nitrogens with zero attached hydrogens (tertiary/aromatic N) is 7. The van der Waals surface area contributed by atoms with Crippen molar-refractivity contribution in [3.8, 4) is 0 Å². The highest BCUT2D eigenvalue weighted by atomic mass is 16.2. The van der Waals surface area contributed by atoms with Crippen molar-refractivity contribution in [1.82, 2.24) is 29.6 Å². The van der Waals surface area contributed by atoms with Crippen LogP contribution in [0, 0.1) is 6.92 Å². The molecule has 2 aliphatic rings. The maximum absolute atomic E-state index is 13.6. The van der Waals surface area contributed by atoms with Crippen molar-refractivity contribution in [2.75, 3.05) is 31.1 Å². The van der Waals surface area contributed by atoms with Crippen LogP contribution in [-0.4, -0.2) is 61.7 Å². The minimum absolute atomic E-state index is 0.0778. The molecule has 0 radical (unpaired) electrons. The Kier molecular flexibility index (Phi) is 5.54. The summed E-state index contributed by atoms with van der Waals surface area (Å²) in [6, 6.07) is 4.25. The van der Waals surface area contributed by atoms with Crippen LogP contribution in [-0.2, 0) is 0 Å². The molecule has 0 spiro atoms. The van der Waals surface area contributed by atoms with Crippen molar-refractivity contribution >= 4 is 22.8 Å². The predicted molar refractivity (Wildman–Crippen MR) is 129 cm³/mol.